The first-order valence-electron chi connectivity index (χ1n) is 11.8. The summed E-state index contributed by atoms with van der Waals surface area (Å²) in [5, 5.41) is 2.81. The third-order valence-electron chi connectivity index (χ3n) is 5.43. The molecule has 0 fully saturated rings. The van der Waals surface area contributed by atoms with Crippen LogP contribution in [0.2, 0.25) is 0 Å². The van der Waals surface area contributed by atoms with E-state index in [4.69, 9.17) is 0 Å². The molecule has 2 nitrogen and oxygen atoms in total. The van der Waals surface area contributed by atoms with Gasteiger partial charge in [0.25, 0.3) is 5.91 Å². The minimum Gasteiger partial charge on any atom is -0.352 e. The highest BCUT2D eigenvalue weighted by Crippen LogP contribution is 2.13. The number of amides is 1. The van der Waals surface area contributed by atoms with Crippen molar-refractivity contribution in [2.45, 2.75) is 110 Å². The van der Waals surface area contributed by atoms with Gasteiger partial charge in [-0.15, -0.1) is 0 Å². The van der Waals surface area contributed by atoms with Crippen molar-refractivity contribution in [3.05, 3.63) is 35.6 Å². The largest absolute Gasteiger partial charge is 0.352 e. The average Bonchev–Trinajstić information content (AvgIpc) is 2.70. The lowest BCUT2D eigenvalue weighted by Gasteiger charge is -2.06. The van der Waals surface area contributed by atoms with Gasteiger partial charge in [-0.1, -0.05) is 115 Å². The van der Waals surface area contributed by atoms with Crippen LogP contribution in [0.15, 0.2) is 24.3 Å². The standard InChI is InChI=1S/C25H42FNO/c1-2-3-4-5-6-7-8-9-10-11-12-13-14-15-16-19-22-27-25(28)23-20-17-18-21-24(23)26/h17-18,20-21H,2-16,19,22H2,1H3,(H,27,28). The lowest BCUT2D eigenvalue weighted by atomic mass is 10.0. The monoisotopic (exact) mass is 391 g/mol. The molecule has 0 heterocycles. The Bertz CT molecular complexity index is 503. The van der Waals surface area contributed by atoms with Gasteiger partial charge in [-0.25, -0.2) is 4.39 Å². The summed E-state index contributed by atoms with van der Waals surface area (Å²) in [5.41, 5.74) is 0.138. The first-order valence-corrected chi connectivity index (χ1v) is 11.8. The van der Waals surface area contributed by atoms with Gasteiger partial charge < -0.3 is 5.32 Å². The molecule has 1 rings (SSSR count). The second kappa shape index (κ2) is 17.7. The molecule has 0 atom stereocenters. The van der Waals surface area contributed by atoms with Crippen molar-refractivity contribution in [1.82, 2.24) is 5.32 Å². The number of benzene rings is 1. The first kappa shape index (κ1) is 24.7. The van der Waals surface area contributed by atoms with Crippen molar-refractivity contribution in [2.75, 3.05) is 6.54 Å². The van der Waals surface area contributed by atoms with Crippen LogP contribution in [0.3, 0.4) is 0 Å². The van der Waals surface area contributed by atoms with Crippen LogP contribution in [-0.4, -0.2) is 12.5 Å². The Balaban J connectivity index is 1.80. The normalized spacial score (nSPS) is 10.9. The summed E-state index contributed by atoms with van der Waals surface area (Å²) < 4.78 is 13.5. The summed E-state index contributed by atoms with van der Waals surface area (Å²) >= 11 is 0. The predicted molar refractivity (Wildman–Crippen MR) is 118 cm³/mol. The lowest BCUT2D eigenvalue weighted by Crippen LogP contribution is -2.25. The highest BCUT2D eigenvalue weighted by molar-refractivity contribution is 5.94. The van der Waals surface area contributed by atoms with Crippen molar-refractivity contribution < 1.29 is 9.18 Å². The summed E-state index contributed by atoms with van der Waals surface area (Å²) in [6, 6.07) is 6.14. The second-order valence-corrected chi connectivity index (χ2v) is 8.04. The molecule has 0 bridgehead atoms. The van der Waals surface area contributed by atoms with Gasteiger partial charge in [0.15, 0.2) is 0 Å². The number of carbonyl (C=O) groups excluding carboxylic acids is 1. The number of halogens is 1. The molecule has 0 aliphatic rings. The Hall–Kier alpha value is -1.38. The molecule has 1 N–H and O–H groups in total. The number of hydrogen-bond acceptors (Lipinski definition) is 1. The van der Waals surface area contributed by atoms with Crippen molar-refractivity contribution in [2.24, 2.45) is 0 Å². The minimum atomic E-state index is -0.452. The molecule has 0 saturated carbocycles. The Kier molecular flexibility index (Phi) is 15.6. The smallest absolute Gasteiger partial charge is 0.254 e. The third kappa shape index (κ3) is 12.9. The zero-order chi connectivity index (χ0) is 20.3. The Morgan fingerprint density at radius 3 is 1.61 bits per heavy atom. The number of nitrogens with one attached hydrogen (secondary N) is 1. The molecule has 0 spiro atoms. The van der Waals surface area contributed by atoms with E-state index in [1.807, 2.05) is 0 Å². The summed E-state index contributed by atoms with van der Waals surface area (Å²) in [7, 11) is 0. The average molecular weight is 392 g/mol. The van der Waals surface area contributed by atoms with Crippen LogP contribution in [0.25, 0.3) is 0 Å². The molecule has 28 heavy (non-hydrogen) atoms. The summed E-state index contributed by atoms with van der Waals surface area (Å²) in [5.74, 6) is -0.758. The molecule has 0 saturated heterocycles. The summed E-state index contributed by atoms with van der Waals surface area (Å²) in [6.45, 7) is 2.90. The SMILES string of the molecule is CCCCCCCCCCCCCCCCCCNC(=O)c1ccccc1F. The van der Waals surface area contributed by atoms with Crippen molar-refractivity contribution in [1.29, 1.82) is 0 Å². The predicted octanol–water partition coefficient (Wildman–Crippen LogP) is 7.82. The fourth-order valence-electron chi connectivity index (χ4n) is 3.62. The van der Waals surface area contributed by atoms with E-state index in [1.165, 1.54) is 102 Å². The second-order valence-electron chi connectivity index (χ2n) is 8.04. The van der Waals surface area contributed by atoms with E-state index in [0.717, 1.165) is 12.8 Å². The molecule has 0 radical (unpaired) electrons. The lowest BCUT2D eigenvalue weighted by molar-refractivity contribution is 0.0949. The highest BCUT2D eigenvalue weighted by Gasteiger charge is 2.09. The van der Waals surface area contributed by atoms with Gasteiger partial charge in [-0.2, -0.15) is 0 Å². The van der Waals surface area contributed by atoms with Crippen molar-refractivity contribution in [3.8, 4) is 0 Å². The van der Waals surface area contributed by atoms with Crippen LogP contribution in [-0.2, 0) is 0 Å². The fraction of sp³-hybridized carbons (Fsp3) is 0.720. The molecule has 0 aromatic heterocycles. The Labute approximate surface area is 172 Å². The van der Waals surface area contributed by atoms with Crippen LogP contribution in [0.4, 0.5) is 4.39 Å². The van der Waals surface area contributed by atoms with E-state index in [0.29, 0.717) is 6.54 Å². The molecule has 1 aromatic carbocycles. The number of unbranched alkanes of at least 4 members (excludes halogenated alkanes) is 15. The van der Waals surface area contributed by atoms with Gasteiger partial charge in [0.2, 0.25) is 0 Å². The Morgan fingerprint density at radius 1 is 0.714 bits per heavy atom. The third-order valence-corrected chi connectivity index (χ3v) is 5.43. The van der Waals surface area contributed by atoms with Crippen LogP contribution in [0.5, 0.6) is 0 Å². The van der Waals surface area contributed by atoms with E-state index < -0.39 is 5.82 Å². The molecule has 0 aliphatic heterocycles. The van der Waals surface area contributed by atoms with Crippen molar-refractivity contribution >= 4 is 5.91 Å². The summed E-state index contributed by atoms with van der Waals surface area (Å²) in [6.07, 6.45) is 21.4. The maximum atomic E-state index is 13.5. The Morgan fingerprint density at radius 2 is 1.14 bits per heavy atom. The van der Waals surface area contributed by atoms with E-state index in [-0.39, 0.29) is 11.5 Å². The zero-order valence-electron chi connectivity index (χ0n) is 18.1. The summed E-state index contributed by atoms with van der Waals surface area (Å²) in [4.78, 5) is 11.9. The van der Waals surface area contributed by atoms with E-state index >= 15 is 0 Å². The van der Waals surface area contributed by atoms with Gasteiger partial charge in [0, 0.05) is 6.54 Å². The van der Waals surface area contributed by atoms with Gasteiger partial charge in [0.1, 0.15) is 5.82 Å². The van der Waals surface area contributed by atoms with Gasteiger partial charge in [-0.05, 0) is 18.6 Å². The van der Waals surface area contributed by atoms with Crippen molar-refractivity contribution in [3.63, 3.8) is 0 Å². The molecule has 3 heteroatoms. The highest BCUT2D eigenvalue weighted by atomic mass is 19.1. The maximum Gasteiger partial charge on any atom is 0.254 e. The van der Waals surface area contributed by atoms with Crippen LogP contribution in [0, 0.1) is 5.82 Å². The molecule has 0 unspecified atom stereocenters. The quantitative estimate of drug-likeness (QED) is 0.254. The van der Waals surface area contributed by atoms with Crippen LogP contribution in [0.1, 0.15) is 120 Å². The van der Waals surface area contributed by atoms with Crippen LogP contribution < -0.4 is 5.32 Å². The fourth-order valence-corrected chi connectivity index (χ4v) is 3.62. The molecular formula is C25H42FNO. The van der Waals surface area contributed by atoms with E-state index in [9.17, 15) is 9.18 Å². The molecule has 0 aliphatic carbocycles. The molecule has 1 amide bonds. The first-order chi connectivity index (χ1) is 13.8. The van der Waals surface area contributed by atoms with E-state index in [2.05, 4.69) is 12.2 Å². The number of carbonyl (C=O) groups is 1. The van der Waals surface area contributed by atoms with Gasteiger partial charge >= 0.3 is 0 Å². The van der Waals surface area contributed by atoms with Gasteiger partial charge in [-0.3, -0.25) is 4.79 Å². The van der Waals surface area contributed by atoms with E-state index in [1.54, 1.807) is 12.1 Å². The topological polar surface area (TPSA) is 29.1 Å². The zero-order valence-corrected chi connectivity index (χ0v) is 18.1. The maximum absolute atomic E-state index is 13.5. The molecule has 1 aromatic rings. The number of hydrogen-bond donors (Lipinski definition) is 1. The number of rotatable bonds is 18. The van der Waals surface area contributed by atoms with Gasteiger partial charge in [0.05, 0.1) is 5.56 Å². The molecule has 160 valence electrons. The molecular weight excluding hydrogens is 349 g/mol. The van der Waals surface area contributed by atoms with Crippen LogP contribution >= 0.6 is 0 Å². The minimum absolute atomic E-state index is 0.138.